The van der Waals surface area contributed by atoms with Crippen molar-refractivity contribution in [1.29, 1.82) is 0 Å². The average Bonchev–Trinajstić information content (AvgIpc) is 2.43. The van der Waals surface area contributed by atoms with Crippen LogP contribution in [0.4, 0.5) is 5.69 Å². The molecule has 0 aliphatic heterocycles. The summed E-state index contributed by atoms with van der Waals surface area (Å²) in [7, 11) is -4.34. The number of nitrogens with zero attached hydrogens (tertiary/aromatic N) is 3. The van der Waals surface area contributed by atoms with Crippen molar-refractivity contribution >= 4 is 37.9 Å². The van der Waals surface area contributed by atoms with E-state index < -0.39 is 10.1 Å². The lowest BCUT2D eigenvalue weighted by Gasteiger charge is -2.04. The standard InChI is InChI=1S/C12H7N3O5S/c16-12-5-10-9(4-11(12)15-17)13-7-2-1-6(21(18,19)20)3-8(7)14-10/h1-5,16H,(H,18,19,20). The average molecular weight is 305 g/mol. The van der Waals surface area contributed by atoms with Crippen molar-refractivity contribution in [3.63, 3.8) is 0 Å². The smallest absolute Gasteiger partial charge is 0.294 e. The fourth-order valence-corrected chi connectivity index (χ4v) is 2.41. The summed E-state index contributed by atoms with van der Waals surface area (Å²) in [6.45, 7) is 0. The Kier molecular flexibility index (Phi) is 2.81. The summed E-state index contributed by atoms with van der Waals surface area (Å²) in [6.07, 6.45) is 0. The van der Waals surface area contributed by atoms with Gasteiger partial charge in [-0.1, -0.05) is 0 Å². The highest BCUT2D eigenvalue weighted by atomic mass is 32.2. The minimum Gasteiger partial charge on any atom is -0.505 e. The van der Waals surface area contributed by atoms with E-state index in [4.69, 9.17) is 4.55 Å². The minimum absolute atomic E-state index is 0.161. The van der Waals surface area contributed by atoms with Crippen LogP contribution in [0.25, 0.3) is 22.1 Å². The second kappa shape index (κ2) is 4.43. The van der Waals surface area contributed by atoms with Crippen LogP contribution in [0.1, 0.15) is 0 Å². The summed E-state index contributed by atoms with van der Waals surface area (Å²) in [5.41, 5.74) is 1.03. The molecule has 0 spiro atoms. The number of aromatic nitrogens is 2. The number of aromatic hydroxyl groups is 1. The minimum atomic E-state index is -4.34. The maximum absolute atomic E-state index is 11.1. The Balaban J connectivity index is 2.35. The molecule has 0 radical (unpaired) electrons. The third-order valence-electron chi connectivity index (χ3n) is 2.90. The first kappa shape index (κ1) is 13.3. The molecule has 0 fully saturated rings. The molecule has 2 N–H and O–H groups in total. The Morgan fingerprint density at radius 3 is 2.24 bits per heavy atom. The van der Waals surface area contributed by atoms with E-state index in [1.807, 2.05) is 0 Å². The van der Waals surface area contributed by atoms with Gasteiger partial charge in [-0.25, -0.2) is 9.97 Å². The molecule has 0 bridgehead atoms. The Morgan fingerprint density at radius 1 is 0.952 bits per heavy atom. The van der Waals surface area contributed by atoms with Crippen LogP contribution >= 0.6 is 0 Å². The summed E-state index contributed by atoms with van der Waals surface area (Å²) in [4.78, 5) is 18.6. The van der Waals surface area contributed by atoms with Crippen LogP contribution in [0.15, 0.2) is 40.4 Å². The Morgan fingerprint density at radius 2 is 1.57 bits per heavy atom. The molecule has 1 heterocycles. The first-order valence-electron chi connectivity index (χ1n) is 5.64. The zero-order chi connectivity index (χ0) is 15.2. The normalized spacial score (nSPS) is 11.9. The number of phenols is 1. The molecule has 0 unspecified atom stereocenters. The van der Waals surface area contributed by atoms with Gasteiger partial charge in [0.25, 0.3) is 10.1 Å². The van der Waals surface area contributed by atoms with Gasteiger partial charge in [-0.05, 0) is 29.4 Å². The van der Waals surface area contributed by atoms with Crippen LogP contribution in [0, 0.1) is 4.91 Å². The second-order valence-corrected chi connectivity index (χ2v) is 5.69. The van der Waals surface area contributed by atoms with E-state index in [0.717, 1.165) is 0 Å². The fourth-order valence-electron chi connectivity index (χ4n) is 1.91. The van der Waals surface area contributed by atoms with Crippen LogP contribution in [0.2, 0.25) is 0 Å². The van der Waals surface area contributed by atoms with Crippen molar-refractivity contribution in [2.45, 2.75) is 4.90 Å². The molecule has 8 nitrogen and oxygen atoms in total. The summed E-state index contributed by atoms with van der Waals surface area (Å²) in [5.74, 6) is -0.350. The highest BCUT2D eigenvalue weighted by Crippen LogP contribution is 2.31. The van der Waals surface area contributed by atoms with Gasteiger partial charge in [-0.15, -0.1) is 4.91 Å². The van der Waals surface area contributed by atoms with Crippen molar-refractivity contribution in [1.82, 2.24) is 9.97 Å². The SMILES string of the molecule is O=Nc1cc2nc3ccc(S(=O)(=O)O)cc3nc2cc1O. The quantitative estimate of drug-likeness (QED) is 0.421. The van der Waals surface area contributed by atoms with Crippen LogP contribution < -0.4 is 0 Å². The molecule has 0 saturated carbocycles. The number of fused-ring (bicyclic) bond motifs is 2. The molecule has 0 aliphatic carbocycles. The molecule has 21 heavy (non-hydrogen) atoms. The maximum Gasteiger partial charge on any atom is 0.294 e. The molecular formula is C12H7N3O5S. The van der Waals surface area contributed by atoms with E-state index >= 15 is 0 Å². The number of phenolic OH excluding ortho intramolecular Hbond substituents is 1. The van der Waals surface area contributed by atoms with Gasteiger partial charge in [0, 0.05) is 6.07 Å². The molecule has 106 valence electrons. The number of hydrogen-bond donors (Lipinski definition) is 2. The first-order chi connectivity index (χ1) is 9.88. The monoisotopic (exact) mass is 305 g/mol. The van der Waals surface area contributed by atoms with Gasteiger partial charge in [0.15, 0.2) is 5.69 Å². The molecule has 3 rings (SSSR count). The maximum atomic E-state index is 11.1. The van der Waals surface area contributed by atoms with E-state index in [0.29, 0.717) is 11.0 Å². The van der Waals surface area contributed by atoms with Gasteiger partial charge in [0.2, 0.25) is 0 Å². The van der Waals surface area contributed by atoms with Crippen LogP contribution in [0.5, 0.6) is 5.75 Å². The van der Waals surface area contributed by atoms with Crippen molar-refractivity contribution in [2.75, 3.05) is 0 Å². The van der Waals surface area contributed by atoms with Crippen molar-refractivity contribution in [3.05, 3.63) is 35.2 Å². The molecule has 2 aromatic carbocycles. The van der Waals surface area contributed by atoms with Crippen molar-refractivity contribution in [3.8, 4) is 5.75 Å². The van der Waals surface area contributed by atoms with Gasteiger partial charge in [0.1, 0.15) is 5.75 Å². The number of hydrogen-bond acceptors (Lipinski definition) is 7. The second-order valence-electron chi connectivity index (χ2n) is 4.27. The lowest BCUT2D eigenvalue weighted by molar-refractivity contribution is 0.477. The predicted molar refractivity (Wildman–Crippen MR) is 74.0 cm³/mol. The topological polar surface area (TPSA) is 130 Å². The van der Waals surface area contributed by atoms with Gasteiger partial charge in [-0.2, -0.15) is 8.42 Å². The van der Waals surface area contributed by atoms with Crippen molar-refractivity contribution in [2.24, 2.45) is 5.18 Å². The number of rotatable bonds is 2. The molecule has 0 aliphatic rings. The van der Waals surface area contributed by atoms with Gasteiger partial charge < -0.3 is 5.11 Å². The van der Waals surface area contributed by atoms with E-state index in [2.05, 4.69) is 15.1 Å². The molecule has 0 saturated heterocycles. The lowest BCUT2D eigenvalue weighted by Crippen LogP contribution is -1.98. The summed E-state index contributed by atoms with van der Waals surface area (Å²) >= 11 is 0. The van der Waals surface area contributed by atoms with Crippen LogP contribution in [0.3, 0.4) is 0 Å². The molecular weight excluding hydrogens is 298 g/mol. The van der Waals surface area contributed by atoms with Crippen LogP contribution in [-0.4, -0.2) is 28.0 Å². The van der Waals surface area contributed by atoms with Crippen LogP contribution in [-0.2, 0) is 10.1 Å². The number of nitroso groups, excluding NO2 is 1. The van der Waals surface area contributed by atoms with Gasteiger partial charge in [0.05, 0.1) is 27.0 Å². The van der Waals surface area contributed by atoms with E-state index in [1.165, 1.54) is 30.3 Å². The predicted octanol–water partition coefficient (Wildman–Crippen LogP) is 2.13. The first-order valence-corrected chi connectivity index (χ1v) is 7.08. The van der Waals surface area contributed by atoms with E-state index in [1.54, 1.807) is 0 Å². The Hall–Kier alpha value is -2.65. The summed E-state index contributed by atoms with van der Waals surface area (Å²) in [5, 5.41) is 12.2. The Labute approximate surface area is 117 Å². The van der Waals surface area contributed by atoms with Gasteiger partial charge in [-0.3, -0.25) is 4.55 Å². The molecule has 3 aromatic rings. The number of benzene rings is 2. The van der Waals surface area contributed by atoms with Crippen molar-refractivity contribution < 1.29 is 18.1 Å². The van der Waals surface area contributed by atoms with E-state index in [9.17, 15) is 18.4 Å². The third-order valence-corrected chi connectivity index (χ3v) is 3.75. The third kappa shape index (κ3) is 2.28. The molecule has 1 aromatic heterocycles. The summed E-state index contributed by atoms with van der Waals surface area (Å²) < 4.78 is 31.2. The lowest BCUT2D eigenvalue weighted by atomic mass is 10.2. The highest BCUT2D eigenvalue weighted by Gasteiger charge is 2.13. The Bertz CT molecular complexity index is 1000. The van der Waals surface area contributed by atoms with Gasteiger partial charge >= 0.3 is 0 Å². The molecule has 0 atom stereocenters. The summed E-state index contributed by atoms with van der Waals surface area (Å²) in [6, 6.07) is 6.22. The largest absolute Gasteiger partial charge is 0.505 e. The fraction of sp³-hybridized carbons (Fsp3) is 0. The highest BCUT2D eigenvalue weighted by molar-refractivity contribution is 7.85. The zero-order valence-electron chi connectivity index (χ0n) is 10.3. The zero-order valence-corrected chi connectivity index (χ0v) is 11.1. The molecule has 9 heteroatoms. The van der Waals surface area contributed by atoms with E-state index in [-0.39, 0.29) is 27.4 Å². The molecule has 0 amide bonds.